The predicted molar refractivity (Wildman–Crippen MR) is 63.2 cm³/mol. The van der Waals surface area contributed by atoms with Gasteiger partial charge in [-0.3, -0.25) is 0 Å². The maximum Gasteiger partial charge on any atom is 0.214 e. The first-order valence-corrected chi connectivity index (χ1v) is 5.06. The van der Waals surface area contributed by atoms with Gasteiger partial charge in [0.2, 0.25) is 5.88 Å². The van der Waals surface area contributed by atoms with Crippen LogP contribution in [0.5, 0.6) is 5.88 Å². The Morgan fingerprint density at radius 3 is 2.71 bits per heavy atom. The van der Waals surface area contributed by atoms with Crippen LogP contribution in [0.4, 0.5) is 4.39 Å². The molecule has 17 heavy (non-hydrogen) atoms. The van der Waals surface area contributed by atoms with E-state index in [2.05, 4.69) is 16.8 Å². The van der Waals surface area contributed by atoms with Crippen molar-refractivity contribution in [1.82, 2.24) is 4.98 Å². The van der Waals surface area contributed by atoms with E-state index in [1.54, 1.807) is 37.4 Å². The first-order valence-electron chi connectivity index (χ1n) is 5.06. The van der Waals surface area contributed by atoms with Gasteiger partial charge in [0.05, 0.1) is 7.11 Å². The number of hydrogen-bond acceptors (Lipinski definition) is 2. The largest absolute Gasteiger partial charge is 0.481 e. The molecule has 1 aromatic carbocycles. The number of benzene rings is 1. The third-order valence-corrected chi connectivity index (χ3v) is 2.09. The van der Waals surface area contributed by atoms with Crippen molar-refractivity contribution in [1.29, 1.82) is 0 Å². The van der Waals surface area contributed by atoms with Crippen molar-refractivity contribution < 1.29 is 9.13 Å². The molecule has 0 aliphatic rings. The van der Waals surface area contributed by atoms with E-state index in [1.807, 2.05) is 0 Å². The molecule has 2 rings (SSSR count). The molecule has 1 aromatic heterocycles. The van der Waals surface area contributed by atoms with Crippen LogP contribution < -0.4 is 4.74 Å². The maximum atomic E-state index is 12.9. The quantitative estimate of drug-likeness (QED) is 0.699. The molecule has 0 unspecified atom stereocenters. The second kappa shape index (κ2) is 5.13. The molecule has 0 amide bonds. The Hall–Kier alpha value is -2.34. The summed E-state index contributed by atoms with van der Waals surface area (Å²) < 4.78 is 17.9. The van der Waals surface area contributed by atoms with E-state index in [4.69, 9.17) is 4.74 Å². The van der Waals surface area contributed by atoms with Crippen LogP contribution in [-0.2, 0) is 0 Å². The monoisotopic (exact) mass is 227 g/mol. The Balaban J connectivity index is 2.26. The average molecular weight is 227 g/mol. The van der Waals surface area contributed by atoms with E-state index < -0.39 is 0 Å². The van der Waals surface area contributed by atoms with Gasteiger partial charge in [0.1, 0.15) is 11.5 Å². The minimum atomic E-state index is -0.296. The summed E-state index contributed by atoms with van der Waals surface area (Å²) in [6.07, 6.45) is 0. The molecule has 0 radical (unpaired) electrons. The van der Waals surface area contributed by atoms with E-state index in [9.17, 15) is 4.39 Å². The van der Waals surface area contributed by atoms with Crippen LogP contribution in [0.3, 0.4) is 0 Å². The lowest BCUT2D eigenvalue weighted by Crippen LogP contribution is -1.89. The zero-order valence-electron chi connectivity index (χ0n) is 9.27. The highest BCUT2D eigenvalue weighted by atomic mass is 19.1. The summed E-state index contributed by atoms with van der Waals surface area (Å²) in [6, 6.07) is 11.5. The van der Waals surface area contributed by atoms with Crippen molar-refractivity contribution in [3.05, 3.63) is 59.5 Å². The van der Waals surface area contributed by atoms with Crippen LogP contribution in [0.25, 0.3) is 0 Å². The van der Waals surface area contributed by atoms with Crippen LogP contribution in [-0.4, -0.2) is 12.1 Å². The fourth-order valence-electron chi connectivity index (χ4n) is 1.30. The molecule has 0 bridgehead atoms. The third kappa shape index (κ3) is 3.05. The number of aromatic nitrogens is 1. The fraction of sp³-hybridized carbons (Fsp3) is 0.0714. The van der Waals surface area contributed by atoms with Gasteiger partial charge in [-0.25, -0.2) is 9.37 Å². The maximum absolute atomic E-state index is 12.9. The minimum Gasteiger partial charge on any atom is -0.481 e. The normalized spacial score (nSPS) is 9.29. The van der Waals surface area contributed by atoms with Crippen molar-refractivity contribution in [3.63, 3.8) is 0 Å². The number of hydrogen-bond donors (Lipinski definition) is 0. The fourth-order valence-corrected chi connectivity index (χ4v) is 1.30. The molecule has 0 saturated heterocycles. The van der Waals surface area contributed by atoms with Crippen LogP contribution in [0.1, 0.15) is 11.3 Å². The molecule has 0 N–H and O–H groups in total. The Kier molecular flexibility index (Phi) is 3.37. The highest BCUT2D eigenvalue weighted by Crippen LogP contribution is 2.06. The van der Waals surface area contributed by atoms with Crippen molar-refractivity contribution in [2.75, 3.05) is 7.11 Å². The van der Waals surface area contributed by atoms with Gasteiger partial charge in [-0.05, 0) is 30.2 Å². The highest BCUT2D eigenvalue weighted by Gasteiger charge is 1.94. The van der Waals surface area contributed by atoms with Crippen molar-refractivity contribution in [2.45, 2.75) is 0 Å². The second-order valence-corrected chi connectivity index (χ2v) is 3.33. The van der Waals surface area contributed by atoms with Gasteiger partial charge in [0, 0.05) is 11.6 Å². The van der Waals surface area contributed by atoms with Gasteiger partial charge in [-0.2, -0.15) is 0 Å². The summed E-state index contributed by atoms with van der Waals surface area (Å²) in [7, 11) is 1.55. The Bertz CT molecular complexity index is 584. The molecule has 84 valence electrons. The van der Waals surface area contributed by atoms with Gasteiger partial charge in [-0.15, -0.1) is 0 Å². The van der Waals surface area contributed by atoms with Crippen molar-refractivity contribution in [3.8, 4) is 17.7 Å². The molecule has 2 nitrogen and oxygen atoms in total. The van der Waals surface area contributed by atoms with E-state index >= 15 is 0 Å². The lowest BCUT2D eigenvalue weighted by Gasteiger charge is -1.97. The van der Waals surface area contributed by atoms with Crippen LogP contribution in [0, 0.1) is 17.7 Å². The second-order valence-electron chi connectivity index (χ2n) is 3.33. The van der Waals surface area contributed by atoms with Gasteiger partial charge in [0.25, 0.3) is 0 Å². The SMILES string of the molecule is COc1cccc(C#Cc2cccc(F)c2)n1. The van der Waals surface area contributed by atoms with E-state index in [-0.39, 0.29) is 5.82 Å². The average Bonchev–Trinajstić information content (AvgIpc) is 2.37. The summed E-state index contributed by atoms with van der Waals surface area (Å²) in [5.41, 5.74) is 1.21. The minimum absolute atomic E-state index is 0.296. The van der Waals surface area contributed by atoms with E-state index in [1.165, 1.54) is 12.1 Å². The van der Waals surface area contributed by atoms with Gasteiger partial charge >= 0.3 is 0 Å². The summed E-state index contributed by atoms with van der Waals surface area (Å²) in [5.74, 6) is 5.91. The molecule has 0 saturated carbocycles. The van der Waals surface area contributed by atoms with Crippen LogP contribution in [0.2, 0.25) is 0 Å². The highest BCUT2D eigenvalue weighted by molar-refractivity contribution is 5.40. The van der Waals surface area contributed by atoms with Crippen molar-refractivity contribution in [2.24, 2.45) is 0 Å². The number of pyridine rings is 1. The molecule has 2 aromatic rings. The number of ether oxygens (including phenoxy) is 1. The molecule has 3 heteroatoms. The van der Waals surface area contributed by atoms with Gasteiger partial charge < -0.3 is 4.74 Å². The molecule has 0 spiro atoms. The predicted octanol–water partition coefficient (Wildman–Crippen LogP) is 2.63. The van der Waals surface area contributed by atoms with Crippen LogP contribution >= 0.6 is 0 Å². The van der Waals surface area contributed by atoms with Gasteiger partial charge in [-0.1, -0.05) is 18.1 Å². The standard InChI is InChI=1S/C14H10FNO/c1-17-14-7-3-6-13(16-14)9-8-11-4-2-5-12(15)10-11/h2-7,10H,1H3. The smallest absolute Gasteiger partial charge is 0.214 e. The Labute approximate surface area is 99.1 Å². The molecule has 0 aliphatic heterocycles. The lowest BCUT2D eigenvalue weighted by molar-refractivity contribution is 0.397. The summed E-state index contributed by atoms with van der Waals surface area (Å²) >= 11 is 0. The first-order chi connectivity index (χ1) is 8.28. The number of halogens is 1. The zero-order valence-corrected chi connectivity index (χ0v) is 9.27. The molecule has 0 atom stereocenters. The molecular weight excluding hydrogens is 217 g/mol. The summed E-state index contributed by atoms with van der Waals surface area (Å²) in [4.78, 5) is 4.14. The lowest BCUT2D eigenvalue weighted by atomic mass is 10.2. The topological polar surface area (TPSA) is 22.1 Å². The van der Waals surface area contributed by atoms with E-state index in [0.717, 1.165) is 0 Å². The number of nitrogens with zero attached hydrogens (tertiary/aromatic N) is 1. The molecule has 1 heterocycles. The molecule has 0 fully saturated rings. The van der Waals surface area contributed by atoms with Crippen molar-refractivity contribution >= 4 is 0 Å². The first kappa shape index (κ1) is 11.2. The third-order valence-electron chi connectivity index (χ3n) is 2.09. The van der Waals surface area contributed by atoms with Crippen LogP contribution in [0.15, 0.2) is 42.5 Å². The number of methoxy groups -OCH3 is 1. The zero-order chi connectivity index (χ0) is 12.1. The Morgan fingerprint density at radius 1 is 1.12 bits per heavy atom. The Morgan fingerprint density at radius 2 is 1.94 bits per heavy atom. The molecular formula is C14H10FNO. The van der Waals surface area contributed by atoms with E-state index in [0.29, 0.717) is 17.1 Å². The molecule has 0 aliphatic carbocycles. The van der Waals surface area contributed by atoms with Gasteiger partial charge in [0.15, 0.2) is 0 Å². The summed E-state index contributed by atoms with van der Waals surface area (Å²) in [5, 5.41) is 0. The number of rotatable bonds is 1. The summed E-state index contributed by atoms with van der Waals surface area (Å²) in [6.45, 7) is 0.